The normalized spacial score (nSPS) is 18.9. The van der Waals surface area contributed by atoms with E-state index in [9.17, 15) is 9.59 Å². The van der Waals surface area contributed by atoms with Crippen molar-refractivity contribution in [1.29, 1.82) is 0 Å². The number of ether oxygens (including phenoxy) is 11. The van der Waals surface area contributed by atoms with Crippen molar-refractivity contribution in [1.82, 2.24) is 9.80 Å². The molecule has 0 aliphatic carbocycles. The molecule has 0 saturated carbocycles. The summed E-state index contributed by atoms with van der Waals surface area (Å²) in [4.78, 5) is 28.0. The zero-order valence-corrected chi connectivity index (χ0v) is 25.9. The molecule has 43 heavy (non-hydrogen) atoms. The molecule has 0 aromatic heterocycles. The van der Waals surface area contributed by atoms with E-state index < -0.39 is 5.97 Å². The second-order valence-corrected chi connectivity index (χ2v) is 9.79. The lowest BCUT2D eigenvalue weighted by Crippen LogP contribution is -2.50. The Morgan fingerprint density at radius 2 is 1.23 bits per heavy atom. The first-order valence-electron chi connectivity index (χ1n) is 15.0. The number of hydrogen-bond acceptors (Lipinski definition) is 15. The molecular weight excluding hydrogens is 572 g/mol. The monoisotopic (exact) mass is 624 g/mol. The molecule has 2 unspecified atom stereocenters. The van der Waals surface area contributed by atoms with Gasteiger partial charge in [0.25, 0.3) is 0 Å². The van der Waals surface area contributed by atoms with Crippen molar-refractivity contribution in [2.24, 2.45) is 0 Å². The fourth-order valence-corrected chi connectivity index (χ4v) is 4.22. The van der Waals surface area contributed by atoms with Crippen LogP contribution in [0.3, 0.4) is 0 Å². The van der Waals surface area contributed by atoms with Gasteiger partial charge in [-0.3, -0.25) is 9.80 Å². The van der Waals surface area contributed by atoms with Crippen LogP contribution in [0.2, 0.25) is 0 Å². The van der Waals surface area contributed by atoms with E-state index in [0.29, 0.717) is 98.9 Å². The zero-order chi connectivity index (χ0) is 30.8. The molecule has 2 fully saturated rings. The molecule has 0 aromatic rings. The van der Waals surface area contributed by atoms with Gasteiger partial charge in [-0.15, -0.1) is 0 Å². The molecule has 0 radical (unpaired) electrons. The molecule has 0 aromatic carbocycles. The second-order valence-electron chi connectivity index (χ2n) is 9.79. The van der Waals surface area contributed by atoms with Crippen molar-refractivity contribution in [3.63, 3.8) is 0 Å². The molecule has 15 heteroatoms. The fourth-order valence-electron chi connectivity index (χ4n) is 4.22. The van der Waals surface area contributed by atoms with Gasteiger partial charge in [0.2, 0.25) is 0 Å². The van der Waals surface area contributed by atoms with Crippen LogP contribution in [0.25, 0.3) is 0 Å². The van der Waals surface area contributed by atoms with Crippen LogP contribution in [0, 0.1) is 0 Å². The van der Waals surface area contributed by atoms with E-state index in [-0.39, 0.29) is 44.6 Å². The standard InChI is InChI=1S/C28H52N2O13/c1-33-13-14-36-15-17-38-24-28(32)43-12-7-30-6-10-40-25(21-30)26(22-34-2)41-20-19-37-16-18-39-23-27(31)42-11-5-29-3-8-35-9-4-29/h25-26H,3-24H2,1-2H3. The Labute approximate surface area is 255 Å². The first kappa shape index (κ1) is 37.7. The first-order valence-corrected chi connectivity index (χ1v) is 15.0. The predicted molar refractivity (Wildman–Crippen MR) is 152 cm³/mol. The van der Waals surface area contributed by atoms with Crippen molar-refractivity contribution in [2.45, 2.75) is 12.2 Å². The third-order valence-corrected chi connectivity index (χ3v) is 6.54. The Bertz CT molecular complexity index is 700. The molecule has 2 atom stereocenters. The van der Waals surface area contributed by atoms with Crippen LogP contribution in [-0.2, 0) is 61.7 Å². The van der Waals surface area contributed by atoms with Crippen LogP contribution >= 0.6 is 0 Å². The Hall–Kier alpha value is -1.50. The number of nitrogens with zero attached hydrogens (tertiary/aromatic N) is 2. The molecule has 15 nitrogen and oxygen atoms in total. The van der Waals surface area contributed by atoms with Gasteiger partial charge < -0.3 is 52.1 Å². The van der Waals surface area contributed by atoms with E-state index in [4.69, 9.17) is 52.1 Å². The van der Waals surface area contributed by atoms with Gasteiger partial charge in [0.15, 0.2) is 0 Å². The smallest absolute Gasteiger partial charge is 0.332 e. The van der Waals surface area contributed by atoms with Crippen LogP contribution in [0.1, 0.15) is 0 Å². The maximum absolute atomic E-state index is 11.9. The molecule has 0 amide bonds. The summed E-state index contributed by atoms with van der Waals surface area (Å²) in [5, 5.41) is 0. The number of morpholine rings is 2. The van der Waals surface area contributed by atoms with E-state index in [1.807, 2.05) is 0 Å². The molecule has 0 spiro atoms. The van der Waals surface area contributed by atoms with E-state index in [2.05, 4.69) is 9.80 Å². The van der Waals surface area contributed by atoms with Gasteiger partial charge >= 0.3 is 11.9 Å². The van der Waals surface area contributed by atoms with Gasteiger partial charge in [-0.05, 0) is 0 Å². The highest BCUT2D eigenvalue weighted by molar-refractivity contribution is 5.70. The summed E-state index contributed by atoms with van der Waals surface area (Å²) in [6, 6.07) is 0. The number of carbonyl (C=O) groups is 2. The molecule has 252 valence electrons. The van der Waals surface area contributed by atoms with Gasteiger partial charge in [-0.25, -0.2) is 9.59 Å². The molecule has 0 bridgehead atoms. The number of hydrogen-bond donors (Lipinski definition) is 0. The molecule has 2 saturated heterocycles. The minimum Gasteiger partial charge on any atom is -0.463 e. The van der Waals surface area contributed by atoms with Crippen LogP contribution < -0.4 is 0 Å². The molecule has 2 heterocycles. The van der Waals surface area contributed by atoms with Crippen LogP contribution in [-0.4, -0.2) is 193 Å². The summed E-state index contributed by atoms with van der Waals surface area (Å²) in [5.74, 6) is -0.796. The summed E-state index contributed by atoms with van der Waals surface area (Å²) < 4.78 is 59.4. The number of carbonyl (C=O) groups excluding carboxylic acids is 2. The largest absolute Gasteiger partial charge is 0.463 e. The minimum absolute atomic E-state index is 0.105. The molecule has 2 rings (SSSR count). The molecular formula is C28H52N2O13. The minimum atomic E-state index is -0.410. The number of esters is 2. The summed E-state index contributed by atoms with van der Waals surface area (Å²) in [6.07, 6.45) is -0.467. The molecule has 2 aliphatic heterocycles. The third kappa shape index (κ3) is 19.5. The van der Waals surface area contributed by atoms with E-state index >= 15 is 0 Å². The lowest BCUT2D eigenvalue weighted by atomic mass is 10.1. The lowest BCUT2D eigenvalue weighted by Gasteiger charge is -2.36. The highest BCUT2D eigenvalue weighted by Crippen LogP contribution is 2.12. The summed E-state index contributed by atoms with van der Waals surface area (Å²) in [6.45, 7) is 10.1. The first-order chi connectivity index (χ1) is 21.1. The third-order valence-electron chi connectivity index (χ3n) is 6.54. The van der Waals surface area contributed by atoms with Crippen molar-refractivity contribution in [2.75, 3.05) is 159 Å². The topological polar surface area (TPSA) is 142 Å². The van der Waals surface area contributed by atoms with E-state index in [0.717, 1.165) is 19.6 Å². The predicted octanol–water partition coefficient (Wildman–Crippen LogP) is -1.15. The fraction of sp³-hybridized carbons (Fsp3) is 0.929. The van der Waals surface area contributed by atoms with Gasteiger partial charge in [-0.2, -0.15) is 0 Å². The Morgan fingerprint density at radius 3 is 1.86 bits per heavy atom. The average Bonchev–Trinajstić information content (AvgIpc) is 3.02. The Balaban J connectivity index is 1.47. The van der Waals surface area contributed by atoms with Gasteiger partial charge in [-0.1, -0.05) is 0 Å². The van der Waals surface area contributed by atoms with Gasteiger partial charge in [0, 0.05) is 53.5 Å². The van der Waals surface area contributed by atoms with E-state index in [1.165, 1.54) is 0 Å². The number of rotatable bonds is 26. The van der Waals surface area contributed by atoms with Crippen LogP contribution in [0.15, 0.2) is 0 Å². The summed E-state index contributed by atoms with van der Waals surface area (Å²) in [5.41, 5.74) is 0. The summed E-state index contributed by atoms with van der Waals surface area (Å²) in [7, 11) is 3.22. The highest BCUT2D eigenvalue weighted by atomic mass is 16.6. The zero-order valence-electron chi connectivity index (χ0n) is 25.9. The quantitative estimate of drug-likeness (QED) is 0.0844. The Morgan fingerprint density at radius 1 is 0.674 bits per heavy atom. The van der Waals surface area contributed by atoms with Crippen LogP contribution in [0.4, 0.5) is 0 Å². The average molecular weight is 625 g/mol. The van der Waals surface area contributed by atoms with Gasteiger partial charge in [0.05, 0.1) is 85.4 Å². The van der Waals surface area contributed by atoms with Crippen molar-refractivity contribution in [3.05, 3.63) is 0 Å². The second kappa shape index (κ2) is 25.8. The highest BCUT2D eigenvalue weighted by Gasteiger charge is 2.29. The summed E-state index contributed by atoms with van der Waals surface area (Å²) >= 11 is 0. The van der Waals surface area contributed by atoms with Crippen molar-refractivity contribution >= 4 is 11.9 Å². The lowest BCUT2D eigenvalue weighted by molar-refractivity contribution is -0.152. The number of methoxy groups -OCH3 is 2. The molecule has 2 aliphatic rings. The maximum Gasteiger partial charge on any atom is 0.332 e. The SMILES string of the molecule is COCCOCCOCC(=O)OCCN1CCOC(C(COC)OCCOCCOCC(=O)OCCN2CCOCC2)C1. The van der Waals surface area contributed by atoms with Crippen LogP contribution in [0.5, 0.6) is 0 Å². The van der Waals surface area contributed by atoms with Crippen molar-refractivity contribution < 1.29 is 61.7 Å². The maximum atomic E-state index is 11.9. The van der Waals surface area contributed by atoms with Gasteiger partial charge in [0.1, 0.15) is 32.5 Å². The Kier molecular flexibility index (Phi) is 22.6. The van der Waals surface area contributed by atoms with Crippen molar-refractivity contribution in [3.8, 4) is 0 Å². The van der Waals surface area contributed by atoms with E-state index in [1.54, 1.807) is 14.2 Å². The molecule has 0 N–H and O–H groups in total.